The second-order valence-electron chi connectivity index (χ2n) is 4.69. The number of rotatable bonds is 5. The smallest absolute Gasteiger partial charge is 0.238 e. The number of nitrogens with two attached hydrogens (primary N) is 2. The van der Waals surface area contributed by atoms with Crippen LogP contribution in [0.15, 0.2) is 23.1 Å². The van der Waals surface area contributed by atoms with Crippen molar-refractivity contribution in [3.8, 4) is 0 Å². The fraction of sp³-hybridized carbons (Fsp3) is 0.500. The molecule has 18 heavy (non-hydrogen) atoms. The van der Waals surface area contributed by atoms with E-state index in [2.05, 4.69) is 26.1 Å². The number of sulfonamides is 1. The lowest BCUT2D eigenvalue weighted by Gasteiger charge is -2.30. The Labute approximate surface area is 109 Å². The predicted molar refractivity (Wildman–Crippen MR) is 74.8 cm³/mol. The summed E-state index contributed by atoms with van der Waals surface area (Å²) in [4.78, 5) is 0.0637. The fourth-order valence-corrected chi connectivity index (χ4v) is 2.11. The van der Waals surface area contributed by atoms with Gasteiger partial charge in [-0.25, -0.2) is 13.6 Å². The Bertz CT molecular complexity index is 522. The molecule has 0 radical (unpaired) electrons. The van der Waals surface area contributed by atoms with Gasteiger partial charge in [0.15, 0.2) is 0 Å². The van der Waals surface area contributed by atoms with E-state index in [1.165, 1.54) is 12.1 Å². The van der Waals surface area contributed by atoms with Gasteiger partial charge in [0, 0.05) is 5.54 Å². The highest BCUT2D eigenvalue weighted by molar-refractivity contribution is 7.89. The van der Waals surface area contributed by atoms with Crippen LogP contribution < -0.4 is 16.2 Å². The van der Waals surface area contributed by atoms with Crippen molar-refractivity contribution in [1.29, 1.82) is 0 Å². The fourth-order valence-electron chi connectivity index (χ4n) is 1.57. The van der Waals surface area contributed by atoms with Gasteiger partial charge in [0.1, 0.15) is 0 Å². The van der Waals surface area contributed by atoms with Crippen LogP contribution in [-0.2, 0) is 10.0 Å². The molecule has 0 amide bonds. The number of nitrogens with one attached hydrogen (secondary N) is 1. The van der Waals surface area contributed by atoms with Gasteiger partial charge in [-0.2, -0.15) is 0 Å². The predicted octanol–water partition coefficient (Wildman–Crippen LogP) is 1.91. The lowest BCUT2D eigenvalue weighted by molar-refractivity contribution is 0.478. The summed E-state index contributed by atoms with van der Waals surface area (Å²) in [5, 5.41) is 8.40. The molecular formula is C12H21N3O2S. The number of nitrogen functional groups attached to an aromatic ring is 1. The molecule has 0 unspecified atom stereocenters. The molecule has 0 heterocycles. The van der Waals surface area contributed by atoms with E-state index in [1.807, 2.05) is 0 Å². The van der Waals surface area contributed by atoms with Crippen molar-refractivity contribution in [2.24, 2.45) is 5.14 Å². The first-order valence-electron chi connectivity index (χ1n) is 5.92. The van der Waals surface area contributed by atoms with Gasteiger partial charge in [-0.05, 0) is 38.0 Å². The third kappa shape index (κ3) is 3.36. The van der Waals surface area contributed by atoms with E-state index in [1.54, 1.807) is 6.07 Å². The standard InChI is InChI=1S/C12H21N3O2S/c1-4-12(3,5-2)15-11-8-9(18(14,16)17)6-7-10(11)13/h6-8,15H,4-5,13H2,1-3H3,(H2,14,16,17). The molecule has 0 aliphatic carbocycles. The molecule has 0 saturated heterocycles. The van der Waals surface area contributed by atoms with Crippen molar-refractivity contribution >= 4 is 21.4 Å². The number of primary sulfonamides is 1. The van der Waals surface area contributed by atoms with E-state index in [4.69, 9.17) is 10.9 Å². The topological polar surface area (TPSA) is 98.2 Å². The highest BCUT2D eigenvalue weighted by Gasteiger charge is 2.21. The minimum absolute atomic E-state index is 0.0637. The molecular weight excluding hydrogens is 250 g/mol. The van der Waals surface area contributed by atoms with E-state index in [-0.39, 0.29) is 10.4 Å². The third-order valence-corrected chi connectivity index (χ3v) is 4.26. The van der Waals surface area contributed by atoms with E-state index >= 15 is 0 Å². The lowest BCUT2D eigenvalue weighted by Crippen LogP contribution is -2.33. The van der Waals surface area contributed by atoms with Gasteiger partial charge in [0.25, 0.3) is 0 Å². The first kappa shape index (κ1) is 14.8. The van der Waals surface area contributed by atoms with Crippen LogP contribution >= 0.6 is 0 Å². The molecule has 1 aromatic carbocycles. The van der Waals surface area contributed by atoms with Gasteiger partial charge in [0.2, 0.25) is 10.0 Å². The van der Waals surface area contributed by atoms with E-state index in [0.29, 0.717) is 11.4 Å². The normalized spacial score (nSPS) is 12.4. The van der Waals surface area contributed by atoms with Crippen LogP contribution in [0.25, 0.3) is 0 Å². The maximum atomic E-state index is 11.3. The molecule has 0 bridgehead atoms. The SMILES string of the molecule is CCC(C)(CC)Nc1cc(S(N)(=O)=O)ccc1N. The summed E-state index contributed by atoms with van der Waals surface area (Å²) < 4.78 is 22.6. The van der Waals surface area contributed by atoms with E-state index in [9.17, 15) is 8.42 Å². The average Bonchev–Trinajstić information content (AvgIpc) is 2.30. The van der Waals surface area contributed by atoms with Gasteiger partial charge in [0.05, 0.1) is 16.3 Å². The van der Waals surface area contributed by atoms with Crippen molar-refractivity contribution in [2.75, 3.05) is 11.1 Å². The third-order valence-electron chi connectivity index (χ3n) is 3.35. The second kappa shape index (κ2) is 5.16. The summed E-state index contributed by atoms with van der Waals surface area (Å²) in [6.45, 7) is 6.20. The minimum Gasteiger partial charge on any atom is -0.397 e. The van der Waals surface area contributed by atoms with Crippen LogP contribution in [0.4, 0.5) is 11.4 Å². The average molecular weight is 271 g/mol. The van der Waals surface area contributed by atoms with Crippen molar-refractivity contribution in [3.63, 3.8) is 0 Å². The van der Waals surface area contributed by atoms with Crippen LogP contribution in [0.1, 0.15) is 33.6 Å². The van der Waals surface area contributed by atoms with E-state index in [0.717, 1.165) is 12.8 Å². The van der Waals surface area contributed by atoms with Gasteiger partial charge >= 0.3 is 0 Å². The molecule has 0 aliphatic heterocycles. The molecule has 0 fully saturated rings. The Morgan fingerprint density at radius 2 is 1.83 bits per heavy atom. The maximum Gasteiger partial charge on any atom is 0.238 e. The van der Waals surface area contributed by atoms with Crippen molar-refractivity contribution in [2.45, 2.75) is 44.0 Å². The molecule has 1 aromatic rings. The quantitative estimate of drug-likeness (QED) is 0.712. The molecule has 0 aliphatic rings. The highest BCUT2D eigenvalue weighted by Crippen LogP contribution is 2.28. The number of anilines is 2. The molecule has 0 spiro atoms. The monoisotopic (exact) mass is 271 g/mol. The van der Waals surface area contributed by atoms with Crippen LogP contribution in [0.3, 0.4) is 0 Å². The minimum atomic E-state index is -3.71. The Kier molecular flexibility index (Phi) is 4.24. The lowest BCUT2D eigenvalue weighted by atomic mass is 9.95. The highest BCUT2D eigenvalue weighted by atomic mass is 32.2. The van der Waals surface area contributed by atoms with Gasteiger partial charge < -0.3 is 11.1 Å². The molecule has 5 nitrogen and oxygen atoms in total. The van der Waals surface area contributed by atoms with Crippen molar-refractivity contribution in [3.05, 3.63) is 18.2 Å². The second-order valence-corrected chi connectivity index (χ2v) is 6.25. The Hall–Kier alpha value is -1.27. The summed E-state index contributed by atoms with van der Waals surface area (Å²) in [5.41, 5.74) is 6.85. The Balaban J connectivity index is 3.17. The molecule has 0 saturated carbocycles. The van der Waals surface area contributed by atoms with Gasteiger partial charge in [-0.15, -0.1) is 0 Å². The van der Waals surface area contributed by atoms with Gasteiger partial charge in [-0.1, -0.05) is 13.8 Å². The van der Waals surface area contributed by atoms with E-state index < -0.39 is 10.0 Å². The summed E-state index contributed by atoms with van der Waals surface area (Å²) >= 11 is 0. The molecule has 0 atom stereocenters. The zero-order valence-electron chi connectivity index (χ0n) is 11.0. The molecule has 102 valence electrons. The Morgan fingerprint density at radius 3 is 2.28 bits per heavy atom. The first-order valence-corrected chi connectivity index (χ1v) is 7.47. The summed E-state index contributed by atoms with van der Waals surface area (Å²) in [6, 6.07) is 4.44. The van der Waals surface area contributed by atoms with Crippen molar-refractivity contribution < 1.29 is 8.42 Å². The molecule has 6 heteroatoms. The Morgan fingerprint density at radius 1 is 1.28 bits per heavy atom. The van der Waals surface area contributed by atoms with Gasteiger partial charge in [-0.3, -0.25) is 0 Å². The summed E-state index contributed by atoms with van der Waals surface area (Å²) in [7, 11) is -3.71. The molecule has 0 aromatic heterocycles. The zero-order valence-corrected chi connectivity index (χ0v) is 11.8. The number of benzene rings is 1. The van der Waals surface area contributed by atoms with Crippen LogP contribution in [0.5, 0.6) is 0 Å². The summed E-state index contributed by atoms with van der Waals surface area (Å²) in [6.07, 6.45) is 1.81. The maximum absolute atomic E-state index is 11.3. The number of hydrogen-bond acceptors (Lipinski definition) is 4. The first-order chi connectivity index (χ1) is 8.22. The molecule has 5 N–H and O–H groups in total. The van der Waals surface area contributed by atoms with Crippen molar-refractivity contribution in [1.82, 2.24) is 0 Å². The van der Waals surface area contributed by atoms with Crippen LogP contribution in [-0.4, -0.2) is 14.0 Å². The molecule has 1 rings (SSSR count). The van der Waals surface area contributed by atoms with Crippen LogP contribution in [0, 0.1) is 0 Å². The zero-order chi connectivity index (χ0) is 14.0. The summed E-state index contributed by atoms with van der Waals surface area (Å²) in [5.74, 6) is 0. The number of hydrogen-bond donors (Lipinski definition) is 3. The van der Waals surface area contributed by atoms with Crippen LogP contribution in [0.2, 0.25) is 0 Å². The largest absolute Gasteiger partial charge is 0.397 e.